The fraction of sp³-hybridized carbons (Fsp3) is 0.500. The predicted octanol–water partition coefficient (Wildman–Crippen LogP) is 5.48. The molecule has 0 saturated carbocycles. The minimum absolute atomic E-state index is 0.0182. The summed E-state index contributed by atoms with van der Waals surface area (Å²) in [5.74, 6) is 2.56. The molecule has 2 aromatic heterocycles. The van der Waals surface area contributed by atoms with Crippen LogP contribution in [0, 0.1) is 18.8 Å². The molecule has 4 heteroatoms. The van der Waals surface area contributed by atoms with Crippen LogP contribution in [0.2, 0.25) is 0 Å². The Morgan fingerprint density at radius 2 is 1.64 bits per heavy atom. The van der Waals surface area contributed by atoms with Crippen LogP contribution in [0.1, 0.15) is 52.4 Å². The van der Waals surface area contributed by atoms with E-state index >= 15 is 0 Å². The number of aromatic nitrogens is 3. The van der Waals surface area contributed by atoms with E-state index in [-0.39, 0.29) is 5.41 Å². The largest absolute Gasteiger partial charge is 0.356 e. The quantitative estimate of drug-likeness (QED) is 0.593. The monoisotopic (exact) mass is 376 g/mol. The van der Waals surface area contributed by atoms with Crippen LogP contribution in [0.25, 0.3) is 16.8 Å². The SMILES string of the molecule is Cc1nn2c(N3C[C@@H](C)C[C@H](C)C3)cc(C(C)(C)C)nc2c1-c1ccccc1. The highest BCUT2D eigenvalue weighted by molar-refractivity contribution is 5.81. The predicted molar refractivity (Wildman–Crippen MR) is 117 cm³/mol. The Balaban J connectivity index is 1.97. The summed E-state index contributed by atoms with van der Waals surface area (Å²) in [6.07, 6.45) is 1.30. The number of aryl methyl sites for hydroxylation is 1. The number of benzene rings is 1. The maximum atomic E-state index is 5.11. The molecule has 1 aliphatic rings. The maximum absolute atomic E-state index is 5.11. The number of hydrogen-bond donors (Lipinski definition) is 0. The Labute approximate surface area is 168 Å². The second kappa shape index (κ2) is 6.91. The van der Waals surface area contributed by atoms with E-state index in [1.165, 1.54) is 17.8 Å². The van der Waals surface area contributed by atoms with Crippen LogP contribution in [-0.4, -0.2) is 27.7 Å². The second-order valence-corrected chi connectivity index (χ2v) is 9.66. The molecule has 1 aromatic carbocycles. The van der Waals surface area contributed by atoms with Gasteiger partial charge in [0.25, 0.3) is 0 Å². The first-order valence-corrected chi connectivity index (χ1v) is 10.4. The number of piperidine rings is 1. The fourth-order valence-corrected chi connectivity index (χ4v) is 4.51. The lowest BCUT2D eigenvalue weighted by Gasteiger charge is -2.37. The lowest BCUT2D eigenvalue weighted by atomic mass is 9.90. The highest BCUT2D eigenvalue weighted by Gasteiger charge is 2.28. The molecule has 0 amide bonds. The summed E-state index contributed by atoms with van der Waals surface area (Å²) in [4.78, 5) is 7.63. The second-order valence-electron chi connectivity index (χ2n) is 9.66. The van der Waals surface area contributed by atoms with E-state index in [4.69, 9.17) is 10.1 Å². The smallest absolute Gasteiger partial charge is 0.165 e. The normalized spacial score (nSPS) is 20.7. The van der Waals surface area contributed by atoms with E-state index in [0.29, 0.717) is 11.8 Å². The number of hydrogen-bond acceptors (Lipinski definition) is 3. The maximum Gasteiger partial charge on any atom is 0.165 e. The standard InChI is InChI=1S/C24H32N4/c1-16-12-17(2)15-27(14-16)21-13-20(24(4,5)6)25-23-22(18(3)26-28(21)23)19-10-8-7-9-11-19/h7-11,13,16-17H,12,14-15H2,1-6H3/t16-,17-/m0/s1. The van der Waals surface area contributed by atoms with Crippen molar-refractivity contribution in [2.75, 3.05) is 18.0 Å². The van der Waals surface area contributed by atoms with Gasteiger partial charge in [-0.1, -0.05) is 65.0 Å². The molecule has 4 rings (SSSR count). The van der Waals surface area contributed by atoms with Gasteiger partial charge < -0.3 is 4.90 Å². The summed E-state index contributed by atoms with van der Waals surface area (Å²) in [7, 11) is 0. The molecule has 0 aliphatic carbocycles. The van der Waals surface area contributed by atoms with Gasteiger partial charge in [-0.15, -0.1) is 0 Å². The van der Waals surface area contributed by atoms with Gasteiger partial charge in [-0.05, 0) is 30.7 Å². The van der Waals surface area contributed by atoms with E-state index in [0.717, 1.165) is 35.7 Å². The molecule has 0 unspecified atom stereocenters. The zero-order chi connectivity index (χ0) is 20.1. The van der Waals surface area contributed by atoms with E-state index < -0.39 is 0 Å². The van der Waals surface area contributed by atoms with E-state index in [1.54, 1.807) is 0 Å². The molecule has 1 fully saturated rings. The molecular formula is C24H32N4. The summed E-state index contributed by atoms with van der Waals surface area (Å²) in [5, 5.41) is 4.95. The van der Waals surface area contributed by atoms with E-state index in [2.05, 4.69) is 87.4 Å². The van der Waals surface area contributed by atoms with Crippen molar-refractivity contribution in [2.24, 2.45) is 11.8 Å². The highest BCUT2D eigenvalue weighted by Crippen LogP contribution is 2.34. The fourth-order valence-electron chi connectivity index (χ4n) is 4.51. The molecule has 0 radical (unpaired) electrons. The molecule has 0 N–H and O–H groups in total. The molecular weight excluding hydrogens is 344 g/mol. The summed E-state index contributed by atoms with van der Waals surface area (Å²) < 4.78 is 2.08. The number of fused-ring (bicyclic) bond motifs is 1. The Morgan fingerprint density at radius 1 is 1.00 bits per heavy atom. The number of anilines is 1. The third-order valence-corrected chi connectivity index (χ3v) is 5.77. The third-order valence-electron chi connectivity index (χ3n) is 5.77. The highest BCUT2D eigenvalue weighted by atomic mass is 15.4. The first kappa shape index (κ1) is 19.0. The van der Waals surface area contributed by atoms with Gasteiger partial charge in [0.2, 0.25) is 0 Å². The molecule has 3 heterocycles. The molecule has 28 heavy (non-hydrogen) atoms. The average molecular weight is 377 g/mol. The van der Waals surface area contributed by atoms with Crippen molar-refractivity contribution in [3.05, 3.63) is 47.8 Å². The molecule has 3 aromatic rings. The van der Waals surface area contributed by atoms with Crippen LogP contribution in [-0.2, 0) is 5.41 Å². The van der Waals surface area contributed by atoms with Crippen LogP contribution < -0.4 is 4.90 Å². The minimum atomic E-state index is -0.0182. The van der Waals surface area contributed by atoms with Gasteiger partial charge in [-0.2, -0.15) is 9.61 Å². The van der Waals surface area contributed by atoms with Crippen LogP contribution in [0.15, 0.2) is 36.4 Å². The van der Waals surface area contributed by atoms with Crippen molar-refractivity contribution in [1.29, 1.82) is 0 Å². The van der Waals surface area contributed by atoms with Crippen molar-refractivity contribution in [2.45, 2.75) is 53.4 Å². The Kier molecular flexibility index (Phi) is 4.68. The molecule has 0 bridgehead atoms. The van der Waals surface area contributed by atoms with Gasteiger partial charge in [0.15, 0.2) is 5.65 Å². The van der Waals surface area contributed by atoms with Crippen LogP contribution >= 0.6 is 0 Å². The molecule has 148 valence electrons. The molecule has 2 atom stereocenters. The van der Waals surface area contributed by atoms with Crippen molar-refractivity contribution < 1.29 is 0 Å². The average Bonchev–Trinajstić information content (AvgIpc) is 2.95. The lowest BCUT2D eigenvalue weighted by Crippen LogP contribution is -2.40. The molecule has 1 aliphatic heterocycles. The molecule has 4 nitrogen and oxygen atoms in total. The van der Waals surface area contributed by atoms with Gasteiger partial charge in [-0.25, -0.2) is 4.98 Å². The van der Waals surface area contributed by atoms with Crippen molar-refractivity contribution in [1.82, 2.24) is 14.6 Å². The zero-order valence-corrected chi connectivity index (χ0v) is 18.0. The zero-order valence-electron chi connectivity index (χ0n) is 18.0. The van der Waals surface area contributed by atoms with Gasteiger partial charge in [0.1, 0.15) is 5.82 Å². The van der Waals surface area contributed by atoms with Crippen molar-refractivity contribution in [3.8, 4) is 11.1 Å². The Hall–Kier alpha value is -2.36. The van der Waals surface area contributed by atoms with Crippen molar-refractivity contribution >= 4 is 11.5 Å². The number of nitrogens with zero attached hydrogens (tertiary/aromatic N) is 4. The minimum Gasteiger partial charge on any atom is -0.356 e. The summed E-state index contributed by atoms with van der Waals surface area (Å²) in [6.45, 7) is 15.7. The Bertz CT molecular complexity index is 971. The first-order chi connectivity index (χ1) is 13.2. The first-order valence-electron chi connectivity index (χ1n) is 10.4. The molecule has 0 spiro atoms. The van der Waals surface area contributed by atoms with Crippen LogP contribution in [0.3, 0.4) is 0 Å². The summed E-state index contributed by atoms with van der Waals surface area (Å²) >= 11 is 0. The van der Waals surface area contributed by atoms with Gasteiger partial charge in [0, 0.05) is 30.1 Å². The van der Waals surface area contributed by atoms with Gasteiger partial charge in [-0.3, -0.25) is 0 Å². The molecule has 1 saturated heterocycles. The summed E-state index contributed by atoms with van der Waals surface area (Å²) in [5.41, 5.74) is 5.43. The summed E-state index contributed by atoms with van der Waals surface area (Å²) in [6, 6.07) is 12.8. The van der Waals surface area contributed by atoms with Crippen LogP contribution in [0.4, 0.5) is 5.82 Å². The number of rotatable bonds is 2. The Morgan fingerprint density at radius 3 is 2.25 bits per heavy atom. The topological polar surface area (TPSA) is 33.4 Å². The van der Waals surface area contributed by atoms with E-state index in [9.17, 15) is 0 Å². The third kappa shape index (κ3) is 3.41. The van der Waals surface area contributed by atoms with Crippen molar-refractivity contribution in [3.63, 3.8) is 0 Å². The van der Waals surface area contributed by atoms with Crippen LogP contribution in [0.5, 0.6) is 0 Å². The van der Waals surface area contributed by atoms with E-state index in [1.807, 2.05) is 0 Å². The lowest BCUT2D eigenvalue weighted by molar-refractivity contribution is 0.354. The van der Waals surface area contributed by atoms with Gasteiger partial charge in [0.05, 0.1) is 11.4 Å². The van der Waals surface area contributed by atoms with Gasteiger partial charge >= 0.3 is 0 Å².